The average Bonchev–Trinajstić information content (AvgIpc) is 2.34. The van der Waals surface area contributed by atoms with Crippen molar-refractivity contribution in [2.45, 2.75) is 6.42 Å². The quantitative estimate of drug-likeness (QED) is 0.794. The lowest BCUT2D eigenvalue weighted by Gasteiger charge is -2.18. The van der Waals surface area contributed by atoms with Crippen LogP contribution in [0.1, 0.15) is 5.56 Å². The Morgan fingerprint density at radius 2 is 1.94 bits per heavy atom. The van der Waals surface area contributed by atoms with Crippen molar-refractivity contribution in [3.05, 3.63) is 23.8 Å². The monoisotopic (exact) mass is 239 g/mol. The number of nitrogens with two attached hydrogens (primary N) is 1. The molecular weight excluding hydrogens is 222 g/mol. The smallest absolute Gasteiger partial charge is 0.161 e. The molecular formula is C12H17NO2S. The molecule has 0 aromatic heterocycles. The lowest BCUT2D eigenvalue weighted by Crippen LogP contribution is -2.15. The molecule has 3 nitrogen and oxygen atoms in total. The zero-order valence-corrected chi connectivity index (χ0v) is 10.1. The predicted octanol–water partition coefficient (Wildman–Crippen LogP) is 1.69. The third-order valence-electron chi connectivity index (χ3n) is 2.40. The van der Waals surface area contributed by atoms with Gasteiger partial charge in [-0.2, -0.15) is 11.8 Å². The van der Waals surface area contributed by atoms with E-state index in [9.17, 15) is 0 Å². The first-order valence-corrected chi connectivity index (χ1v) is 6.72. The predicted molar refractivity (Wildman–Crippen MR) is 67.5 cm³/mol. The van der Waals surface area contributed by atoms with E-state index in [1.54, 1.807) is 0 Å². The van der Waals surface area contributed by atoms with Gasteiger partial charge in [0.2, 0.25) is 0 Å². The molecule has 1 aliphatic rings. The Bertz CT molecular complexity index is 344. The van der Waals surface area contributed by atoms with Crippen LogP contribution in [0.5, 0.6) is 11.5 Å². The Balaban J connectivity index is 1.90. The Kier molecular flexibility index (Phi) is 4.36. The third kappa shape index (κ3) is 3.06. The number of fused-ring (bicyclic) bond motifs is 1. The Labute approximate surface area is 100 Å². The van der Waals surface area contributed by atoms with Crippen LogP contribution in [0.2, 0.25) is 0 Å². The van der Waals surface area contributed by atoms with Crippen LogP contribution in [-0.4, -0.2) is 31.3 Å². The summed E-state index contributed by atoms with van der Waals surface area (Å²) in [6.07, 6.45) is 1.06. The molecule has 16 heavy (non-hydrogen) atoms. The number of benzene rings is 1. The van der Waals surface area contributed by atoms with Crippen molar-refractivity contribution in [2.75, 3.05) is 31.3 Å². The topological polar surface area (TPSA) is 44.5 Å². The maximum Gasteiger partial charge on any atom is 0.161 e. The van der Waals surface area contributed by atoms with Crippen LogP contribution >= 0.6 is 11.8 Å². The van der Waals surface area contributed by atoms with Crippen LogP contribution in [0.4, 0.5) is 0 Å². The summed E-state index contributed by atoms with van der Waals surface area (Å²) in [7, 11) is 0. The average molecular weight is 239 g/mol. The number of thioether (sulfide) groups is 1. The number of aryl methyl sites for hydroxylation is 1. The van der Waals surface area contributed by atoms with Gasteiger partial charge in [-0.25, -0.2) is 0 Å². The zero-order chi connectivity index (χ0) is 11.2. The van der Waals surface area contributed by atoms with Crippen molar-refractivity contribution in [1.82, 2.24) is 0 Å². The molecule has 1 aromatic rings. The van der Waals surface area contributed by atoms with E-state index in [-0.39, 0.29) is 0 Å². The molecule has 0 spiro atoms. The molecule has 2 N–H and O–H groups in total. The summed E-state index contributed by atoms with van der Waals surface area (Å²) in [6.45, 7) is 2.06. The lowest BCUT2D eigenvalue weighted by molar-refractivity contribution is 0.171. The van der Waals surface area contributed by atoms with Crippen molar-refractivity contribution in [3.63, 3.8) is 0 Å². The molecule has 0 atom stereocenters. The molecule has 0 bridgehead atoms. The van der Waals surface area contributed by atoms with Gasteiger partial charge in [0.25, 0.3) is 0 Å². The van der Waals surface area contributed by atoms with Crippen LogP contribution in [0.15, 0.2) is 18.2 Å². The highest BCUT2D eigenvalue weighted by molar-refractivity contribution is 7.99. The molecule has 4 heteroatoms. The fourth-order valence-corrected chi connectivity index (χ4v) is 2.37. The van der Waals surface area contributed by atoms with Gasteiger partial charge in [-0.05, 0) is 29.9 Å². The molecule has 0 saturated carbocycles. The van der Waals surface area contributed by atoms with Gasteiger partial charge in [-0.15, -0.1) is 0 Å². The fourth-order valence-electron chi connectivity index (χ4n) is 1.62. The second-order valence-corrected chi connectivity index (χ2v) is 4.85. The van der Waals surface area contributed by atoms with Gasteiger partial charge >= 0.3 is 0 Å². The third-order valence-corrected chi connectivity index (χ3v) is 3.42. The summed E-state index contributed by atoms with van der Waals surface area (Å²) in [5.41, 5.74) is 6.74. The first kappa shape index (κ1) is 11.6. The van der Waals surface area contributed by atoms with Crippen molar-refractivity contribution in [2.24, 2.45) is 5.73 Å². The Morgan fingerprint density at radius 1 is 1.12 bits per heavy atom. The molecule has 2 rings (SSSR count). The molecule has 0 amide bonds. The highest BCUT2D eigenvalue weighted by atomic mass is 32.2. The molecule has 0 fully saturated rings. The summed E-state index contributed by atoms with van der Waals surface area (Å²) < 4.78 is 11.0. The van der Waals surface area contributed by atoms with Crippen LogP contribution in [-0.2, 0) is 6.42 Å². The van der Waals surface area contributed by atoms with Crippen molar-refractivity contribution >= 4 is 11.8 Å². The molecule has 1 aromatic carbocycles. The first-order chi connectivity index (χ1) is 7.90. The summed E-state index contributed by atoms with van der Waals surface area (Å²) in [5.74, 6) is 3.89. The standard InChI is InChI=1S/C12H17NO2S/c13-4-8-16-7-3-10-1-2-11-12(9-10)15-6-5-14-11/h1-2,9H,3-8,13H2. The number of rotatable bonds is 5. The van der Waals surface area contributed by atoms with Crippen LogP contribution in [0, 0.1) is 0 Å². The van der Waals surface area contributed by atoms with Crippen LogP contribution in [0.3, 0.4) is 0 Å². The van der Waals surface area contributed by atoms with E-state index >= 15 is 0 Å². The molecule has 0 saturated heterocycles. The molecule has 1 heterocycles. The van der Waals surface area contributed by atoms with Gasteiger partial charge in [-0.1, -0.05) is 6.07 Å². The van der Waals surface area contributed by atoms with Gasteiger partial charge in [-0.3, -0.25) is 0 Å². The molecule has 0 aliphatic carbocycles. The highest BCUT2D eigenvalue weighted by Gasteiger charge is 2.11. The number of hydrogen-bond acceptors (Lipinski definition) is 4. The minimum absolute atomic E-state index is 0.651. The zero-order valence-electron chi connectivity index (χ0n) is 9.28. The van der Waals surface area contributed by atoms with E-state index in [4.69, 9.17) is 15.2 Å². The minimum atomic E-state index is 0.651. The van der Waals surface area contributed by atoms with Crippen molar-refractivity contribution in [1.29, 1.82) is 0 Å². The largest absolute Gasteiger partial charge is 0.486 e. The molecule has 0 unspecified atom stereocenters. The van der Waals surface area contributed by atoms with Crippen LogP contribution in [0.25, 0.3) is 0 Å². The van der Waals surface area contributed by atoms with Gasteiger partial charge in [0.05, 0.1) is 0 Å². The van der Waals surface area contributed by atoms with E-state index in [1.807, 2.05) is 17.8 Å². The molecule has 0 radical (unpaired) electrons. The number of hydrogen-bond donors (Lipinski definition) is 1. The lowest BCUT2D eigenvalue weighted by atomic mass is 10.1. The molecule has 1 aliphatic heterocycles. The fraction of sp³-hybridized carbons (Fsp3) is 0.500. The Hall–Kier alpha value is -0.870. The summed E-state index contributed by atoms with van der Waals surface area (Å²) in [4.78, 5) is 0. The Morgan fingerprint density at radius 3 is 2.75 bits per heavy atom. The van der Waals surface area contributed by atoms with Gasteiger partial charge in [0.15, 0.2) is 11.5 Å². The van der Waals surface area contributed by atoms with Gasteiger partial charge in [0.1, 0.15) is 13.2 Å². The summed E-state index contributed by atoms with van der Waals surface area (Å²) in [6, 6.07) is 6.19. The van der Waals surface area contributed by atoms with E-state index in [2.05, 4.69) is 12.1 Å². The highest BCUT2D eigenvalue weighted by Crippen LogP contribution is 2.30. The van der Waals surface area contributed by atoms with Gasteiger partial charge < -0.3 is 15.2 Å². The van der Waals surface area contributed by atoms with E-state index in [1.165, 1.54) is 5.56 Å². The molecule has 88 valence electrons. The van der Waals surface area contributed by atoms with E-state index in [0.29, 0.717) is 13.2 Å². The summed E-state index contributed by atoms with van der Waals surface area (Å²) in [5, 5.41) is 0. The van der Waals surface area contributed by atoms with Crippen LogP contribution < -0.4 is 15.2 Å². The first-order valence-electron chi connectivity index (χ1n) is 5.56. The van der Waals surface area contributed by atoms with Crippen molar-refractivity contribution in [3.8, 4) is 11.5 Å². The number of ether oxygens (including phenoxy) is 2. The maximum atomic E-state index is 5.54. The second kappa shape index (κ2) is 6.01. The van der Waals surface area contributed by atoms with Gasteiger partial charge in [0, 0.05) is 12.3 Å². The van der Waals surface area contributed by atoms with E-state index in [0.717, 1.165) is 36.0 Å². The van der Waals surface area contributed by atoms with Crippen molar-refractivity contribution < 1.29 is 9.47 Å². The minimum Gasteiger partial charge on any atom is -0.486 e. The normalized spacial score (nSPS) is 13.8. The SMILES string of the molecule is NCCSCCc1ccc2c(c1)OCCO2. The summed E-state index contributed by atoms with van der Waals surface area (Å²) >= 11 is 1.89. The maximum absolute atomic E-state index is 5.54. The van der Waals surface area contributed by atoms with E-state index < -0.39 is 0 Å². The second-order valence-electron chi connectivity index (χ2n) is 3.63.